The van der Waals surface area contributed by atoms with Crippen molar-refractivity contribution in [3.05, 3.63) is 76.6 Å². The molecule has 0 bridgehead atoms. The molecule has 0 spiro atoms. The highest BCUT2D eigenvalue weighted by molar-refractivity contribution is 8.16. The predicted octanol–water partition coefficient (Wildman–Crippen LogP) is 5.86. The van der Waals surface area contributed by atoms with Gasteiger partial charge in [0.1, 0.15) is 40.2 Å². The molecular formula is C29H29N3O5S. The Balaban J connectivity index is 1.28. The van der Waals surface area contributed by atoms with Crippen LogP contribution in [0.5, 0.6) is 23.0 Å². The summed E-state index contributed by atoms with van der Waals surface area (Å²) < 4.78 is 13.3. The smallest absolute Gasteiger partial charge is 0.286 e. The van der Waals surface area contributed by atoms with Crippen LogP contribution in [0.1, 0.15) is 35.0 Å². The van der Waals surface area contributed by atoms with Crippen LogP contribution in [0.25, 0.3) is 11.0 Å². The summed E-state index contributed by atoms with van der Waals surface area (Å²) in [5.41, 5.74) is 5.15. The molecule has 0 unspecified atom stereocenters. The molecule has 4 aromatic rings. The van der Waals surface area contributed by atoms with Gasteiger partial charge in [-0.25, -0.2) is 4.98 Å². The van der Waals surface area contributed by atoms with Crippen molar-refractivity contribution in [2.45, 2.75) is 45.5 Å². The molecule has 1 saturated heterocycles. The summed E-state index contributed by atoms with van der Waals surface area (Å²) >= 11 is 1.03. The maximum absolute atomic E-state index is 12.1. The molecule has 1 fully saturated rings. The van der Waals surface area contributed by atoms with Crippen LogP contribution >= 0.6 is 11.8 Å². The van der Waals surface area contributed by atoms with E-state index in [0.717, 1.165) is 45.3 Å². The van der Waals surface area contributed by atoms with E-state index in [1.807, 2.05) is 80.9 Å². The number of nitrogens with one attached hydrogen (secondary N) is 1. The largest absolute Gasteiger partial charge is 0.507 e. The molecule has 0 saturated carbocycles. The monoisotopic (exact) mass is 531 g/mol. The van der Waals surface area contributed by atoms with Crippen molar-refractivity contribution in [1.29, 1.82) is 0 Å². The first-order valence-electron chi connectivity index (χ1n) is 12.2. The average molecular weight is 532 g/mol. The molecule has 1 aromatic heterocycles. The highest BCUT2D eigenvalue weighted by Crippen LogP contribution is 2.37. The summed E-state index contributed by atoms with van der Waals surface area (Å²) in [4.78, 5) is 28.4. The van der Waals surface area contributed by atoms with Crippen molar-refractivity contribution in [3.63, 3.8) is 0 Å². The Morgan fingerprint density at radius 3 is 2.42 bits per heavy atom. The standard InChI is InChI=1S/C29H29N3O5S/c1-16-12-17(2)26(18(3)25(16)33)37-21-10-11-22-23(13-21)32(5)24(30-22)15-36-20-8-6-19(7-9-20)14-29(4)27(34)31-28(35)38-29/h6-13,33H,14-15H2,1-5H3,(H,31,34,35)/t29-/m0/s1. The van der Waals surface area contributed by atoms with Crippen molar-refractivity contribution >= 4 is 33.9 Å². The van der Waals surface area contributed by atoms with Crippen LogP contribution in [-0.4, -0.2) is 30.6 Å². The van der Waals surface area contributed by atoms with Gasteiger partial charge in [-0.1, -0.05) is 12.1 Å². The molecule has 1 aliphatic rings. The molecule has 0 radical (unpaired) electrons. The van der Waals surface area contributed by atoms with E-state index in [4.69, 9.17) is 14.5 Å². The summed E-state index contributed by atoms with van der Waals surface area (Å²) in [6.07, 6.45) is 0.450. The van der Waals surface area contributed by atoms with E-state index < -0.39 is 4.75 Å². The lowest BCUT2D eigenvalue weighted by Gasteiger charge is -2.18. The van der Waals surface area contributed by atoms with Crippen LogP contribution in [0.2, 0.25) is 0 Å². The number of ether oxygens (including phenoxy) is 2. The van der Waals surface area contributed by atoms with Crippen molar-refractivity contribution in [1.82, 2.24) is 14.9 Å². The number of nitrogens with zero attached hydrogens (tertiary/aromatic N) is 2. The number of rotatable bonds is 7. The van der Waals surface area contributed by atoms with Crippen molar-refractivity contribution < 1.29 is 24.2 Å². The minimum Gasteiger partial charge on any atom is -0.507 e. The first kappa shape index (κ1) is 25.7. The number of benzene rings is 3. The van der Waals surface area contributed by atoms with Crippen LogP contribution in [0.4, 0.5) is 4.79 Å². The number of aryl methyl sites for hydroxylation is 3. The molecule has 1 aliphatic heterocycles. The van der Waals surface area contributed by atoms with Gasteiger partial charge >= 0.3 is 0 Å². The summed E-state index contributed by atoms with van der Waals surface area (Å²) in [6, 6.07) is 15.1. The number of amides is 2. The van der Waals surface area contributed by atoms with Gasteiger partial charge in [-0.2, -0.15) is 0 Å². The Morgan fingerprint density at radius 1 is 1.03 bits per heavy atom. The van der Waals surface area contributed by atoms with Crippen LogP contribution < -0.4 is 14.8 Å². The quantitative estimate of drug-likeness (QED) is 0.308. The highest BCUT2D eigenvalue weighted by Gasteiger charge is 2.43. The number of aromatic nitrogens is 2. The van der Waals surface area contributed by atoms with Crippen LogP contribution in [0.3, 0.4) is 0 Å². The number of aromatic hydroxyl groups is 1. The van der Waals surface area contributed by atoms with Gasteiger partial charge in [-0.3, -0.25) is 14.9 Å². The molecule has 1 atom stereocenters. The van der Waals surface area contributed by atoms with Crippen LogP contribution in [0.15, 0.2) is 48.5 Å². The number of fused-ring (bicyclic) bond motifs is 1. The van der Waals surface area contributed by atoms with Crippen LogP contribution in [-0.2, 0) is 24.9 Å². The topological polar surface area (TPSA) is 103 Å². The van der Waals surface area contributed by atoms with E-state index in [1.165, 1.54) is 0 Å². The third kappa shape index (κ3) is 4.81. The second-order valence-electron chi connectivity index (χ2n) is 9.84. The third-order valence-corrected chi connectivity index (χ3v) is 7.94. The Labute approximate surface area is 225 Å². The Kier molecular flexibility index (Phi) is 6.56. The molecule has 3 aromatic carbocycles. The van der Waals surface area contributed by atoms with Gasteiger partial charge in [-0.15, -0.1) is 0 Å². The Bertz CT molecular complexity index is 1580. The number of carbonyl (C=O) groups excluding carboxylic acids is 2. The van der Waals surface area contributed by atoms with E-state index in [1.54, 1.807) is 6.92 Å². The van der Waals surface area contributed by atoms with E-state index in [2.05, 4.69) is 5.32 Å². The fourth-order valence-corrected chi connectivity index (χ4v) is 5.64. The third-order valence-electron chi connectivity index (χ3n) is 6.87. The second kappa shape index (κ2) is 9.72. The lowest BCUT2D eigenvalue weighted by molar-refractivity contribution is -0.121. The van der Waals surface area contributed by atoms with Gasteiger partial charge in [0.05, 0.1) is 11.0 Å². The molecule has 38 heavy (non-hydrogen) atoms. The van der Waals surface area contributed by atoms with Gasteiger partial charge in [0.2, 0.25) is 5.91 Å². The Morgan fingerprint density at radius 2 is 1.74 bits per heavy atom. The van der Waals surface area contributed by atoms with Gasteiger partial charge in [0.25, 0.3) is 5.24 Å². The van der Waals surface area contributed by atoms with Gasteiger partial charge in [0, 0.05) is 18.7 Å². The zero-order valence-corrected chi connectivity index (χ0v) is 22.7. The predicted molar refractivity (Wildman–Crippen MR) is 147 cm³/mol. The number of hydrogen-bond acceptors (Lipinski definition) is 7. The van der Waals surface area contributed by atoms with E-state index in [0.29, 0.717) is 29.2 Å². The number of imide groups is 1. The molecule has 5 rings (SSSR count). The highest BCUT2D eigenvalue weighted by atomic mass is 32.2. The minimum absolute atomic E-state index is 0.243. The van der Waals surface area contributed by atoms with Gasteiger partial charge in [-0.05, 0) is 92.9 Å². The number of carbonyl (C=O) groups is 2. The lowest BCUT2D eigenvalue weighted by atomic mass is 9.99. The maximum Gasteiger partial charge on any atom is 0.286 e. The molecule has 196 valence electrons. The normalized spacial score (nSPS) is 17.2. The van der Waals surface area contributed by atoms with E-state index in [-0.39, 0.29) is 23.5 Å². The number of thioether (sulfide) groups is 1. The molecule has 9 heteroatoms. The number of hydrogen-bond donors (Lipinski definition) is 2. The number of phenols is 1. The minimum atomic E-state index is -0.799. The van der Waals surface area contributed by atoms with E-state index >= 15 is 0 Å². The summed E-state index contributed by atoms with van der Waals surface area (Å²) in [7, 11) is 1.93. The number of phenolic OH excluding ortho intramolecular Hbond substituents is 1. The van der Waals surface area contributed by atoms with E-state index in [9.17, 15) is 14.7 Å². The average Bonchev–Trinajstić information content (AvgIpc) is 3.33. The fourth-order valence-electron chi connectivity index (χ4n) is 4.70. The molecule has 2 amide bonds. The fraction of sp³-hybridized carbons (Fsp3) is 0.276. The molecule has 0 aliphatic carbocycles. The summed E-state index contributed by atoms with van der Waals surface area (Å²) in [6.45, 7) is 7.73. The Hall–Kier alpha value is -3.98. The number of imidazole rings is 1. The lowest BCUT2D eigenvalue weighted by Crippen LogP contribution is -2.35. The van der Waals surface area contributed by atoms with Gasteiger partial charge in [0.15, 0.2) is 0 Å². The SMILES string of the molecule is Cc1cc(C)c(Oc2ccc3nc(COc4ccc(C[C@]5(C)SC(=O)NC5=O)cc4)n(C)c3c2)c(C)c1O. The van der Waals surface area contributed by atoms with Crippen molar-refractivity contribution in [2.75, 3.05) is 0 Å². The molecule has 2 N–H and O–H groups in total. The van der Waals surface area contributed by atoms with Crippen LogP contribution in [0, 0.1) is 20.8 Å². The van der Waals surface area contributed by atoms with Gasteiger partial charge < -0.3 is 19.1 Å². The zero-order chi connectivity index (χ0) is 27.2. The first-order valence-corrected chi connectivity index (χ1v) is 13.0. The molecule has 8 nitrogen and oxygen atoms in total. The molecule has 2 heterocycles. The summed E-state index contributed by atoms with van der Waals surface area (Å²) in [5, 5.41) is 12.4. The second-order valence-corrected chi connectivity index (χ2v) is 11.3. The summed E-state index contributed by atoms with van der Waals surface area (Å²) in [5.74, 6) is 2.72. The van der Waals surface area contributed by atoms with Crippen molar-refractivity contribution in [3.8, 4) is 23.0 Å². The van der Waals surface area contributed by atoms with Crippen molar-refractivity contribution in [2.24, 2.45) is 7.05 Å². The maximum atomic E-state index is 12.1. The zero-order valence-electron chi connectivity index (χ0n) is 21.9. The molecular weight excluding hydrogens is 502 g/mol. The first-order chi connectivity index (χ1) is 18.0.